The summed E-state index contributed by atoms with van der Waals surface area (Å²) in [4.78, 5) is 10.3. The molecule has 0 saturated heterocycles. The smallest absolute Gasteiger partial charge is 0.328 e. The van der Waals surface area contributed by atoms with Gasteiger partial charge in [-0.05, 0) is 37.5 Å². The molecule has 0 bridgehead atoms. The SMILES string of the molecule is C/C(=C\C=C\C(=O)O)c1cc(C)ccc1C. The molecule has 0 aliphatic rings. The maximum absolute atomic E-state index is 10.3. The van der Waals surface area contributed by atoms with Gasteiger partial charge in [0.15, 0.2) is 0 Å². The molecule has 16 heavy (non-hydrogen) atoms. The van der Waals surface area contributed by atoms with Crippen molar-refractivity contribution in [1.82, 2.24) is 0 Å². The molecule has 0 fully saturated rings. The van der Waals surface area contributed by atoms with Crippen LogP contribution in [0.4, 0.5) is 0 Å². The number of hydrogen-bond donors (Lipinski definition) is 1. The number of allylic oxidation sites excluding steroid dienone is 3. The second kappa shape index (κ2) is 5.31. The van der Waals surface area contributed by atoms with Gasteiger partial charge >= 0.3 is 5.97 Å². The molecule has 2 nitrogen and oxygen atoms in total. The van der Waals surface area contributed by atoms with Crippen LogP contribution in [0.25, 0.3) is 5.57 Å². The third-order valence-corrected chi connectivity index (χ3v) is 2.40. The van der Waals surface area contributed by atoms with Gasteiger partial charge in [-0.25, -0.2) is 4.79 Å². The van der Waals surface area contributed by atoms with Crippen LogP contribution in [0.1, 0.15) is 23.6 Å². The van der Waals surface area contributed by atoms with Crippen LogP contribution in [0.3, 0.4) is 0 Å². The first-order valence-electron chi connectivity index (χ1n) is 5.16. The minimum atomic E-state index is -0.926. The number of aryl methyl sites for hydroxylation is 2. The number of rotatable bonds is 3. The maximum atomic E-state index is 10.3. The number of benzene rings is 1. The van der Waals surface area contributed by atoms with E-state index < -0.39 is 5.97 Å². The summed E-state index contributed by atoms with van der Waals surface area (Å²) < 4.78 is 0. The van der Waals surface area contributed by atoms with E-state index in [4.69, 9.17) is 5.11 Å². The normalized spacial score (nSPS) is 12.1. The van der Waals surface area contributed by atoms with E-state index >= 15 is 0 Å². The fourth-order valence-corrected chi connectivity index (χ4v) is 1.53. The van der Waals surface area contributed by atoms with Gasteiger partial charge in [0.1, 0.15) is 0 Å². The third-order valence-electron chi connectivity index (χ3n) is 2.40. The van der Waals surface area contributed by atoms with Crippen LogP contribution in [0.2, 0.25) is 0 Å². The average Bonchev–Trinajstić information content (AvgIpc) is 2.21. The molecule has 84 valence electrons. The van der Waals surface area contributed by atoms with Crippen LogP contribution in [-0.4, -0.2) is 11.1 Å². The summed E-state index contributed by atoms with van der Waals surface area (Å²) in [6, 6.07) is 6.25. The van der Waals surface area contributed by atoms with Crippen LogP contribution in [0, 0.1) is 13.8 Å². The molecule has 0 unspecified atom stereocenters. The Kier molecular flexibility index (Phi) is 4.06. The van der Waals surface area contributed by atoms with Crippen molar-refractivity contribution >= 4 is 11.5 Å². The first-order valence-corrected chi connectivity index (χ1v) is 5.16. The minimum Gasteiger partial charge on any atom is -0.478 e. The van der Waals surface area contributed by atoms with E-state index in [0.29, 0.717) is 0 Å². The second-order valence-corrected chi connectivity index (χ2v) is 3.87. The first kappa shape index (κ1) is 12.2. The number of aliphatic carboxylic acids is 1. The third kappa shape index (κ3) is 3.39. The zero-order valence-corrected chi connectivity index (χ0v) is 9.82. The van der Waals surface area contributed by atoms with Crippen molar-refractivity contribution in [2.24, 2.45) is 0 Å². The van der Waals surface area contributed by atoms with Crippen molar-refractivity contribution in [3.63, 3.8) is 0 Å². The molecule has 1 aromatic carbocycles. The van der Waals surface area contributed by atoms with Crippen molar-refractivity contribution in [2.45, 2.75) is 20.8 Å². The number of carboxylic acid groups (broad SMARTS) is 1. The monoisotopic (exact) mass is 216 g/mol. The van der Waals surface area contributed by atoms with Gasteiger partial charge in [0.2, 0.25) is 0 Å². The predicted molar refractivity (Wildman–Crippen MR) is 66.3 cm³/mol. The molecule has 1 aromatic rings. The van der Waals surface area contributed by atoms with E-state index in [-0.39, 0.29) is 0 Å². The number of carboxylic acids is 1. The molecule has 1 N–H and O–H groups in total. The summed E-state index contributed by atoms with van der Waals surface area (Å²) >= 11 is 0. The summed E-state index contributed by atoms with van der Waals surface area (Å²) in [6.07, 6.45) is 4.50. The Morgan fingerprint density at radius 2 is 2.00 bits per heavy atom. The lowest BCUT2D eigenvalue weighted by molar-refractivity contribution is -0.131. The fourth-order valence-electron chi connectivity index (χ4n) is 1.53. The highest BCUT2D eigenvalue weighted by Crippen LogP contribution is 2.19. The van der Waals surface area contributed by atoms with Gasteiger partial charge in [0.05, 0.1) is 0 Å². The number of hydrogen-bond acceptors (Lipinski definition) is 1. The Hall–Kier alpha value is -1.83. The molecule has 0 aliphatic heterocycles. The Balaban J connectivity index is 2.99. The lowest BCUT2D eigenvalue weighted by Gasteiger charge is -2.06. The second-order valence-electron chi connectivity index (χ2n) is 3.87. The quantitative estimate of drug-likeness (QED) is 0.621. The van der Waals surface area contributed by atoms with Crippen LogP contribution in [0.5, 0.6) is 0 Å². The summed E-state index contributed by atoms with van der Waals surface area (Å²) in [7, 11) is 0. The Morgan fingerprint density at radius 1 is 1.31 bits per heavy atom. The van der Waals surface area contributed by atoms with E-state index in [2.05, 4.69) is 18.2 Å². The van der Waals surface area contributed by atoms with E-state index in [0.717, 1.165) is 17.2 Å². The van der Waals surface area contributed by atoms with Gasteiger partial charge in [0.25, 0.3) is 0 Å². The van der Waals surface area contributed by atoms with Gasteiger partial charge in [-0.15, -0.1) is 0 Å². The molecule has 0 heterocycles. The molecule has 0 aromatic heterocycles. The minimum absolute atomic E-state index is 0.926. The maximum Gasteiger partial charge on any atom is 0.328 e. The lowest BCUT2D eigenvalue weighted by Crippen LogP contribution is -1.87. The number of carbonyl (C=O) groups is 1. The Labute approximate surface area is 95.9 Å². The summed E-state index contributed by atoms with van der Waals surface area (Å²) in [6.45, 7) is 6.07. The highest BCUT2D eigenvalue weighted by atomic mass is 16.4. The van der Waals surface area contributed by atoms with Crippen LogP contribution >= 0.6 is 0 Å². The molecule has 0 spiro atoms. The topological polar surface area (TPSA) is 37.3 Å². The molecule has 0 radical (unpaired) electrons. The van der Waals surface area contributed by atoms with Crippen molar-refractivity contribution in [2.75, 3.05) is 0 Å². The first-order chi connectivity index (χ1) is 7.50. The van der Waals surface area contributed by atoms with Crippen molar-refractivity contribution in [3.8, 4) is 0 Å². The molecular weight excluding hydrogens is 200 g/mol. The van der Waals surface area contributed by atoms with E-state index in [1.165, 1.54) is 11.1 Å². The van der Waals surface area contributed by atoms with Gasteiger partial charge in [-0.1, -0.05) is 35.9 Å². The Bertz CT molecular complexity index is 454. The van der Waals surface area contributed by atoms with Gasteiger partial charge < -0.3 is 5.11 Å². The van der Waals surface area contributed by atoms with Gasteiger partial charge in [0, 0.05) is 6.08 Å². The predicted octanol–water partition coefficient (Wildman–Crippen LogP) is 3.35. The van der Waals surface area contributed by atoms with Gasteiger partial charge in [-0.2, -0.15) is 0 Å². The molecule has 2 heteroatoms. The van der Waals surface area contributed by atoms with Crippen molar-refractivity contribution in [1.29, 1.82) is 0 Å². The largest absolute Gasteiger partial charge is 0.478 e. The fraction of sp³-hybridized carbons (Fsp3) is 0.214. The highest BCUT2D eigenvalue weighted by Gasteiger charge is 1.99. The zero-order chi connectivity index (χ0) is 12.1. The molecule has 1 rings (SSSR count). The van der Waals surface area contributed by atoms with Gasteiger partial charge in [-0.3, -0.25) is 0 Å². The van der Waals surface area contributed by atoms with Crippen molar-refractivity contribution in [3.05, 3.63) is 53.1 Å². The van der Waals surface area contributed by atoms with E-state index in [1.54, 1.807) is 6.08 Å². The van der Waals surface area contributed by atoms with E-state index in [1.807, 2.05) is 26.8 Å². The molecule has 0 aliphatic carbocycles. The Morgan fingerprint density at radius 3 is 2.62 bits per heavy atom. The van der Waals surface area contributed by atoms with Crippen LogP contribution in [0.15, 0.2) is 36.4 Å². The molecule has 0 saturated carbocycles. The summed E-state index contributed by atoms with van der Waals surface area (Å²) in [5, 5.41) is 8.48. The highest BCUT2D eigenvalue weighted by molar-refractivity contribution is 5.81. The van der Waals surface area contributed by atoms with Crippen LogP contribution in [-0.2, 0) is 4.79 Å². The zero-order valence-electron chi connectivity index (χ0n) is 9.82. The average molecular weight is 216 g/mol. The summed E-state index contributed by atoms with van der Waals surface area (Å²) in [5.41, 5.74) is 4.63. The lowest BCUT2D eigenvalue weighted by atomic mass is 9.99. The molecule has 0 amide bonds. The van der Waals surface area contributed by atoms with Crippen LogP contribution < -0.4 is 0 Å². The van der Waals surface area contributed by atoms with Crippen molar-refractivity contribution < 1.29 is 9.90 Å². The standard InChI is InChI=1S/C14H16O2/c1-10-7-8-12(3)13(9-10)11(2)5-4-6-14(15)16/h4-9H,1-3H3,(H,15,16)/b6-4+,11-5+. The summed E-state index contributed by atoms with van der Waals surface area (Å²) in [5.74, 6) is -0.926. The van der Waals surface area contributed by atoms with E-state index in [9.17, 15) is 4.79 Å². The molecule has 0 atom stereocenters. The molecular formula is C14H16O2.